The number of nitrogens with zero attached hydrogens (tertiary/aromatic N) is 1. The average Bonchev–Trinajstić information content (AvgIpc) is 2.14. The van der Waals surface area contributed by atoms with Crippen molar-refractivity contribution in [3.63, 3.8) is 0 Å². The fourth-order valence-electron chi connectivity index (χ4n) is 1.30. The van der Waals surface area contributed by atoms with Crippen molar-refractivity contribution in [3.8, 4) is 0 Å². The van der Waals surface area contributed by atoms with Crippen LogP contribution in [-0.2, 0) is 9.53 Å². The Morgan fingerprint density at radius 3 is 2.57 bits per heavy atom. The second-order valence-corrected chi connectivity index (χ2v) is 3.77. The molecule has 84 valence electrons. The Bertz CT molecular complexity index is 159. The van der Waals surface area contributed by atoms with Crippen LogP contribution in [0.25, 0.3) is 0 Å². The SMILES string of the molecule is CCCCN(C)CC(C)OC(=O)CC. The molecule has 0 bridgehead atoms. The van der Waals surface area contributed by atoms with E-state index >= 15 is 0 Å². The van der Waals surface area contributed by atoms with Crippen LogP contribution in [-0.4, -0.2) is 37.1 Å². The van der Waals surface area contributed by atoms with Crippen LogP contribution in [0.1, 0.15) is 40.0 Å². The molecule has 0 aromatic rings. The third-order valence-electron chi connectivity index (χ3n) is 2.08. The summed E-state index contributed by atoms with van der Waals surface area (Å²) in [5.74, 6) is -0.110. The van der Waals surface area contributed by atoms with Gasteiger partial charge >= 0.3 is 5.97 Å². The number of unbranched alkanes of at least 4 members (excludes halogenated alkanes) is 1. The lowest BCUT2D eigenvalue weighted by molar-refractivity contribution is -0.148. The molecule has 0 saturated carbocycles. The monoisotopic (exact) mass is 201 g/mol. The van der Waals surface area contributed by atoms with E-state index in [0.29, 0.717) is 6.42 Å². The maximum atomic E-state index is 11.0. The first-order valence-electron chi connectivity index (χ1n) is 5.48. The zero-order chi connectivity index (χ0) is 11.0. The van der Waals surface area contributed by atoms with Gasteiger partial charge in [0.2, 0.25) is 0 Å². The Balaban J connectivity index is 3.59. The van der Waals surface area contributed by atoms with Crippen molar-refractivity contribution >= 4 is 5.97 Å². The zero-order valence-corrected chi connectivity index (χ0v) is 9.88. The lowest BCUT2D eigenvalue weighted by Gasteiger charge is -2.21. The van der Waals surface area contributed by atoms with E-state index in [4.69, 9.17) is 4.74 Å². The molecule has 0 saturated heterocycles. The van der Waals surface area contributed by atoms with Crippen LogP contribution in [0.15, 0.2) is 0 Å². The number of ether oxygens (including phenoxy) is 1. The van der Waals surface area contributed by atoms with E-state index in [0.717, 1.165) is 13.1 Å². The van der Waals surface area contributed by atoms with Crippen LogP contribution in [0.3, 0.4) is 0 Å². The van der Waals surface area contributed by atoms with Gasteiger partial charge in [-0.1, -0.05) is 20.3 Å². The van der Waals surface area contributed by atoms with Gasteiger partial charge in [-0.05, 0) is 26.9 Å². The van der Waals surface area contributed by atoms with E-state index in [1.54, 1.807) is 0 Å². The van der Waals surface area contributed by atoms with Gasteiger partial charge < -0.3 is 9.64 Å². The van der Waals surface area contributed by atoms with Crippen molar-refractivity contribution in [2.45, 2.75) is 46.1 Å². The predicted molar refractivity (Wildman–Crippen MR) is 58.3 cm³/mol. The summed E-state index contributed by atoms with van der Waals surface area (Å²) in [6.07, 6.45) is 2.87. The fraction of sp³-hybridized carbons (Fsp3) is 0.909. The Morgan fingerprint density at radius 2 is 2.07 bits per heavy atom. The third-order valence-corrected chi connectivity index (χ3v) is 2.08. The van der Waals surface area contributed by atoms with Crippen LogP contribution < -0.4 is 0 Å². The summed E-state index contributed by atoms with van der Waals surface area (Å²) in [7, 11) is 2.06. The van der Waals surface area contributed by atoms with Crippen molar-refractivity contribution < 1.29 is 9.53 Å². The Morgan fingerprint density at radius 1 is 1.43 bits per heavy atom. The fourth-order valence-corrected chi connectivity index (χ4v) is 1.30. The highest BCUT2D eigenvalue weighted by Gasteiger charge is 2.09. The van der Waals surface area contributed by atoms with Crippen molar-refractivity contribution in [1.82, 2.24) is 4.90 Å². The average molecular weight is 201 g/mol. The van der Waals surface area contributed by atoms with Crippen molar-refractivity contribution in [1.29, 1.82) is 0 Å². The Kier molecular flexibility index (Phi) is 7.48. The minimum absolute atomic E-state index is 0.00399. The van der Waals surface area contributed by atoms with Gasteiger partial charge in [-0.25, -0.2) is 0 Å². The second-order valence-electron chi connectivity index (χ2n) is 3.77. The van der Waals surface area contributed by atoms with Crippen molar-refractivity contribution in [2.75, 3.05) is 20.1 Å². The van der Waals surface area contributed by atoms with E-state index in [9.17, 15) is 4.79 Å². The second kappa shape index (κ2) is 7.80. The molecule has 0 aromatic heterocycles. The van der Waals surface area contributed by atoms with Gasteiger partial charge in [0.25, 0.3) is 0 Å². The van der Waals surface area contributed by atoms with Gasteiger partial charge in [-0.3, -0.25) is 4.79 Å². The molecule has 0 heterocycles. The van der Waals surface area contributed by atoms with Gasteiger partial charge in [-0.15, -0.1) is 0 Å². The van der Waals surface area contributed by atoms with E-state index < -0.39 is 0 Å². The number of esters is 1. The van der Waals surface area contributed by atoms with Gasteiger partial charge in [0, 0.05) is 13.0 Å². The summed E-state index contributed by atoms with van der Waals surface area (Å²) >= 11 is 0. The summed E-state index contributed by atoms with van der Waals surface area (Å²) in [5.41, 5.74) is 0. The molecule has 1 atom stereocenters. The lowest BCUT2D eigenvalue weighted by Crippen LogP contribution is -2.31. The molecular formula is C11H23NO2. The maximum Gasteiger partial charge on any atom is 0.305 e. The van der Waals surface area contributed by atoms with Gasteiger partial charge in [0.15, 0.2) is 0 Å². The Hall–Kier alpha value is -0.570. The normalized spacial score (nSPS) is 12.9. The van der Waals surface area contributed by atoms with E-state index in [1.165, 1.54) is 12.8 Å². The van der Waals surface area contributed by atoms with E-state index in [1.807, 2.05) is 13.8 Å². The number of rotatable bonds is 7. The molecule has 0 aliphatic rings. The van der Waals surface area contributed by atoms with Crippen LogP contribution >= 0.6 is 0 Å². The molecule has 0 aromatic carbocycles. The zero-order valence-electron chi connectivity index (χ0n) is 9.88. The van der Waals surface area contributed by atoms with Gasteiger partial charge in [0.1, 0.15) is 6.10 Å². The third kappa shape index (κ3) is 6.89. The molecule has 14 heavy (non-hydrogen) atoms. The molecule has 0 aliphatic heterocycles. The van der Waals surface area contributed by atoms with Crippen molar-refractivity contribution in [3.05, 3.63) is 0 Å². The highest BCUT2D eigenvalue weighted by Crippen LogP contribution is 1.99. The number of carbonyl (C=O) groups excluding carboxylic acids is 1. The van der Waals surface area contributed by atoms with Crippen molar-refractivity contribution in [2.24, 2.45) is 0 Å². The van der Waals surface area contributed by atoms with Crippen LogP contribution in [0.5, 0.6) is 0 Å². The summed E-state index contributed by atoms with van der Waals surface area (Å²) in [6.45, 7) is 7.83. The lowest BCUT2D eigenvalue weighted by atomic mass is 10.3. The van der Waals surface area contributed by atoms with Crippen LogP contribution in [0, 0.1) is 0 Å². The first kappa shape index (κ1) is 13.4. The largest absolute Gasteiger partial charge is 0.461 e. The molecule has 0 spiro atoms. The molecule has 0 N–H and O–H groups in total. The number of hydrogen-bond donors (Lipinski definition) is 0. The molecule has 0 radical (unpaired) electrons. The smallest absolute Gasteiger partial charge is 0.305 e. The first-order chi connectivity index (χ1) is 6.60. The maximum absolute atomic E-state index is 11.0. The highest BCUT2D eigenvalue weighted by atomic mass is 16.5. The summed E-state index contributed by atoms with van der Waals surface area (Å²) < 4.78 is 5.17. The summed E-state index contributed by atoms with van der Waals surface area (Å²) in [5, 5.41) is 0. The molecule has 3 heteroatoms. The minimum Gasteiger partial charge on any atom is -0.461 e. The molecular weight excluding hydrogens is 178 g/mol. The quantitative estimate of drug-likeness (QED) is 0.590. The minimum atomic E-state index is -0.110. The highest BCUT2D eigenvalue weighted by molar-refractivity contribution is 5.69. The summed E-state index contributed by atoms with van der Waals surface area (Å²) in [6, 6.07) is 0. The van der Waals surface area contributed by atoms with Crippen LogP contribution in [0.2, 0.25) is 0 Å². The molecule has 3 nitrogen and oxygen atoms in total. The molecule has 0 rings (SSSR count). The topological polar surface area (TPSA) is 29.5 Å². The standard InChI is InChI=1S/C11H23NO2/c1-5-7-8-12(4)9-10(3)14-11(13)6-2/h10H,5-9H2,1-4H3. The molecule has 0 amide bonds. The molecule has 0 fully saturated rings. The first-order valence-corrected chi connectivity index (χ1v) is 5.48. The number of carbonyl (C=O) groups is 1. The predicted octanol–water partition coefficient (Wildman–Crippen LogP) is 2.06. The van der Waals surface area contributed by atoms with Crippen LogP contribution in [0.4, 0.5) is 0 Å². The van der Waals surface area contributed by atoms with Gasteiger partial charge in [0.05, 0.1) is 0 Å². The number of likely N-dealkylation sites (N-methyl/N-ethyl adjacent to an activating group) is 1. The molecule has 1 unspecified atom stereocenters. The number of hydrogen-bond acceptors (Lipinski definition) is 3. The summed E-state index contributed by atoms with van der Waals surface area (Å²) in [4.78, 5) is 13.2. The van der Waals surface area contributed by atoms with E-state index in [-0.39, 0.29) is 12.1 Å². The van der Waals surface area contributed by atoms with Gasteiger partial charge in [-0.2, -0.15) is 0 Å². The van der Waals surface area contributed by atoms with E-state index in [2.05, 4.69) is 18.9 Å². The Labute approximate surface area is 87.4 Å². The molecule has 0 aliphatic carbocycles.